The molecule has 0 saturated carbocycles. The van der Waals surface area contributed by atoms with Crippen LogP contribution in [0.1, 0.15) is 30.7 Å². The summed E-state index contributed by atoms with van der Waals surface area (Å²) in [6, 6.07) is 14.7. The molecule has 1 N–H and O–H groups in total. The van der Waals surface area contributed by atoms with Crippen molar-refractivity contribution in [3.63, 3.8) is 0 Å². The molecule has 0 radical (unpaired) electrons. The van der Waals surface area contributed by atoms with Gasteiger partial charge in [0, 0.05) is 24.0 Å². The fourth-order valence-corrected chi connectivity index (χ4v) is 3.85. The summed E-state index contributed by atoms with van der Waals surface area (Å²) in [5, 5.41) is 5.51. The van der Waals surface area contributed by atoms with E-state index in [1.54, 1.807) is 6.07 Å². The Kier molecular flexibility index (Phi) is 7.49. The number of thiazole rings is 1. The van der Waals surface area contributed by atoms with Crippen LogP contribution in [-0.2, 0) is 24.3 Å². The van der Waals surface area contributed by atoms with E-state index in [4.69, 9.17) is 0 Å². The first-order valence-corrected chi connectivity index (χ1v) is 10.7. The van der Waals surface area contributed by atoms with Crippen LogP contribution in [0.4, 0.5) is 4.39 Å². The lowest BCUT2D eigenvalue weighted by Gasteiger charge is -2.18. The largest absolute Gasteiger partial charge is 0.352 e. The van der Waals surface area contributed by atoms with Gasteiger partial charge in [-0.15, -0.1) is 11.3 Å². The zero-order valence-electron chi connectivity index (χ0n) is 16.8. The van der Waals surface area contributed by atoms with Crippen molar-refractivity contribution < 1.29 is 9.18 Å². The quantitative estimate of drug-likeness (QED) is 0.557. The van der Waals surface area contributed by atoms with Gasteiger partial charge in [-0.1, -0.05) is 50.2 Å². The van der Waals surface area contributed by atoms with E-state index in [9.17, 15) is 9.18 Å². The predicted molar refractivity (Wildman–Crippen MR) is 116 cm³/mol. The van der Waals surface area contributed by atoms with Crippen molar-refractivity contribution in [2.24, 2.45) is 0 Å². The Labute approximate surface area is 175 Å². The monoisotopic (exact) mass is 411 g/mol. The van der Waals surface area contributed by atoms with Crippen molar-refractivity contribution >= 4 is 17.2 Å². The molecule has 3 aromatic rings. The summed E-state index contributed by atoms with van der Waals surface area (Å²) < 4.78 is 13.4. The van der Waals surface area contributed by atoms with E-state index in [0.29, 0.717) is 12.2 Å². The molecule has 2 aromatic carbocycles. The van der Waals surface area contributed by atoms with Gasteiger partial charge in [0.15, 0.2) is 0 Å². The number of rotatable bonds is 9. The number of carbonyl (C=O) groups is 1. The molecule has 3 rings (SSSR count). The van der Waals surface area contributed by atoms with Crippen molar-refractivity contribution in [3.8, 4) is 10.6 Å². The summed E-state index contributed by atoms with van der Waals surface area (Å²) >= 11 is 1.42. The smallest absolute Gasteiger partial charge is 0.226 e. The van der Waals surface area contributed by atoms with Crippen LogP contribution in [0.25, 0.3) is 10.6 Å². The Morgan fingerprint density at radius 2 is 1.83 bits per heavy atom. The van der Waals surface area contributed by atoms with Crippen molar-refractivity contribution in [2.75, 3.05) is 13.1 Å². The maximum Gasteiger partial charge on any atom is 0.226 e. The van der Waals surface area contributed by atoms with Crippen LogP contribution in [0.2, 0.25) is 0 Å². The third kappa shape index (κ3) is 6.21. The highest BCUT2D eigenvalue weighted by atomic mass is 32.1. The van der Waals surface area contributed by atoms with E-state index in [1.165, 1.54) is 29.0 Å². The van der Waals surface area contributed by atoms with Crippen molar-refractivity contribution in [1.29, 1.82) is 0 Å². The van der Waals surface area contributed by atoms with Gasteiger partial charge in [-0.2, -0.15) is 0 Å². The molecule has 1 amide bonds. The number of amides is 1. The van der Waals surface area contributed by atoms with E-state index in [0.717, 1.165) is 35.8 Å². The third-order valence-corrected chi connectivity index (χ3v) is 5.72. The second kappa shape index (κ2) is 10.3. The standard InChI is InChI=1S/C23H26FN3OS/c1-3-27(4-2)15-18-10-8-17(9-11-18)14-25-22(28)13-21-16-29-23(26-21)19-6-5-7-20(24)12-19/h5-12,16H,3-4,13-15H2,1-2H3,(H,25,28). The molecule has 1 heterocycles. The van der Waals surface area contributed by atoms with Crippen molar-refractivity contribution in [1.82, 2.24) is 15.2 Å². The highest BCUT2D eigenvalue weighted by Gasteiger charge is 2.10. The molecule has 0 unspecified atom stereocenters. The van der Waals surface area contributed by atoms with E-state index >= 15 is 0 Å². The molecule has 0 aliphatic carbocycles. The average Bonchev–Trinajstić information content (AvgIpc) is 3.20. The zero-order valence-corrected chi connectivity index (χ0v) is 17.6. The Morgan fingerprint density at radius 1 is 1.10 bits per heavy atom. The molecule has 0 spiro atoms. The molecule has 0 bridgehead atoms. The van der Waals surface area contributed by atoms with Gasteiger partial charge in [-0.05, 0) is 36.3 Å². The van der Waals surface area contributed by atoms with Gasteiger partial charge in [-0.3, -0.25) is 9.69 Å². The molecular formula is C23H26FN3OS. The lowest BCUT2D eigenvalue weighted by Crippen LogP contribution is -2.24. The molecule has 0 aliphatic rings. The number of nitrogens with one attached hydrogen (secondary N) is 1. The van der Waals surface area contributed by atoms with E-state index in [1.807, 2.05) is 11.4 Å². The highest BCUT2D eigenvalue weighted by Crippen LogP contribution is 2.24. The Morgan fingerprint density at radius 3 is 2.52 bits per heavy atom. The van der Waals surface area contributed by atoms with Crippen LogP contribution in [0.15, 0.2) is 53.9 Å². The SMILES string of the molecule is CCN(CC)Cc1ccc(CNC(=O)Cc2csc(-c3cccc(F)c3)n2)cc1. The minimum Gasteiger partial charge on any atom is -0.352 e. The number of hydrogen-bond acceptors (Lipinski definition) is 4. The van der Waals surface area contributed by atoms with E-state index in [2.05, 4.69) is 53.3 Å². The maximum absolute atomic E-state index is 13.4. The number of halogens is 1. The Hall–Kier alpha value is -2.57. The molecule has 4 nitrogen and oxygen atoms in total. The van der Waals surface area contributed by atoms with Gasteiger partial charge in [0.05, 0.1) is 12.1 Å². The number of aromatic nitrogens is 1. The van der Waals surface area contributed by atoms with Gasteiger partial charge < -0.3 is 5.32 Å². The fourth-order valence-electron chi connectivity index (χ4n) is 3.04. The highest BCUT2D eigenvalue weighted by molar-refractivity contribution is 7.13. The second-order valence-corrected chi connectivity index (χ2v) is 7.74. The summed E-state index contributed by atoms with van der Waals surface area (Å²) in [6.45, 7) is 7.83. The number of hydrogen-bond donors (Lipinski definition) is 1. The summed E-state index contributed by atoms with van der Waals surface area (Å²) in [6.07, 6.45) is 0.214. The lowest BCUT2D eigenvalue weighted by atomic mass is 10.1. The molecule has 29 heavy (non-hydrogen) atoms. The molecule has 0 saturated heterocycles. The summed E-state index contributed by atoms with van der Waals surface area (Å²) in [5.41, 5.74) is 3.77. The van der Waals surface area contributed by atoms with Crippen LogP contribution >= 0.6 is 11.3 Å². The van der Waals surface area contributed by atoms with E-state index in [-0.39, 0.29) is 18.1 Å². The minimum absolute atomic E-state index is 0.0756. The molecular weight excluding hydrogens is 385 g/mol. The van der Waals surface area contributed by atoms with Gasteiger partial charge in [0.2, 0.25) is 5.91 Å². The first kappa shape index (κ1) is 21.1. The van der Waals surface area contributed by atoms with Gasteiger partial charge >= 0.3 is 0 Å². The van der Waals surface area contributed by atoms with Gasteiger partial charge in [0.1, 0.15) is 10.8 Å². The van der Waals surface area contributed by atoms with E-state index < -0.39 is 0 Å². The third-order valence-electron chi connectivity index (χ3n) is 4.78. The second-order valence-electron chi connectivity index (χ2n) is 6.89. The number of benzene rings is 2. The maximum atomic E-state index is 13.4. The van der Waals surface area contributed by atoms with Gasteiger partial charge in [0.25, 0.3) is 0 Å². The van der Waals surface area contributed by atoms with Crippen LogP contribution in [0.3, 0.4) is 0 Å². The first-order valence-electron chi connectivity index (χ1n) is 9.84. The molecule has 152 valence electrons. The summed E-state index contributed by atoms with van der Waals surface area (Å²) in [5.74, 6) is -0.367. The summed E-state index contributed by atoms with van der Waals surface area (Å²) in [4.78, 5) is 19.1. The lowest BCUT2D eigenvalue weighted by molar-refractivity contribution is -0.120. The van der Waals surface area contributed by atoms with Crippen LogP contribution in [0.5, 0.6) is 0 Å². The van der Waals surface area contributed by atoms with Crippen molar-refractivity contribution in [2.45, 2.75) is 33.4 Å². The van der Waals surface area contributed by atoms with Crippen LogP contribution < -0.4 is 5.32 Å². The molecule has 1 aromatic heterocycles. The number of carbonyl (C=O) groups excluding carboxylic acids is 1. The number of nitrogens with zero attached hydrogens (tertiary/aromatic N) is 2. The first-order chi connectivity index (χ1) is 14.1. The molecule has 6 heteroatoms. The van der Waals surface area contributed by atoms with Crippen LogP contribution in [-0.4, -0.2) is 28.9 Å². The van der Waals surface area contributed by atoms with Crippen LogP contribution in [0, 0.1) is 5.82 Å². The molecule has 0 fully saturated rings. The fraction of sp³-hybridized carbons (Fsp3) is 0.304. The van der Waals surface area contributed by atoms with Crippen molar-refractivity contribution in [3.05, 3.63) is 76.5 Å². The normalized spacial score (nSPS) is 11.0. The summed E-state index contributed by atoms with van der Waals surface area (Å²) in [7, 11) is 0. The Bertz CT molecular complexity index is 935. The topological polar surface area (TPSA) is 45.2 Å². The minimum atomic E-state index is -0.292. The molecule has 0 aliphatic heterocycles. The predicted octanol–water partition coefficient (Wildman–Crippen LogP) is 4.65. The zero-order chi connectivity index (χ0) is 20.6. The molecule has 0 atom stereocenters. The average molecular weight is 412 g/mol. The Balaban J connectivity index is 1.50. The van der Waals surface area contributed by atoms with Gasteiger partial charge in [-0.25, -0.2) is 9.37 Å².